The van der Waals surface area contributed by atoms with Crippen LogP contribution in [-0.4, -0.2) is 0 Å². The molecule has 0 aromatic carbocycles. The fourth-order valence-electron chi connectivity index (χ4n) is 4.12. The Kier molecular flexibility index (Phi) is 5.34. The zero-order chi connectivity index (χ0) is 15.7. The van der Waals surface area contributed by atoms with E-state index in [9.17, 15) is 0 Å². The van der Waals surface area contributed by atoms with Crippen molar-refractivity contribution in [3.05, 3.63) is 47.1 Å². The second kappa shape index (κ2) is 6.52. The first-order chi connectivity index (χ1) is 9.88. The predicted molar refractivity (Wildman–Crippen MR) is 92.7 cm³/mol. The molecule has 1 atom stereocenters. The Labute approximate surface area is 136 Å². The van der Waals surface area contributed by atoms with Crippen LogP contribution in [0.4, 0.5) is 0 Å². The van der Waals surface area contributed by atoms with Crippen molar-refractivity contribution < 1.29 is 20.0 Å². The van der Waals surface area contributed by atoms with Crippen LogP contribution in [0.1, 0.15) is 53.4 Å². The Balaban J connectivity index is 2.45. The molecule has 21 heavy (non-hydrogen) atoms. The normalized spacial score (nSPS) is 26.1. The average molecular weight is 451 g/mol. The third-order valence-electron chi connectivity index (χ3n) is 6.02. The molecule has 2 aliphatic rings. The van der Waals surface area contributed by atoms with Crippen molar-refractivity contribution in [1.29, 1.82) is 0 Å². The van der Waals surface area contributed by atoms with Crippen molar-refractivity contribution in [3.63, 3.8) is 0 Å². The van der Waals surface area contributed by atoms with Crippen molar-refractivity contribution in [2.75, 3.05) is 0 Å². The van der Waals surface area contributed by atoms with Crippen molar-refractivity contribution >= 4 is 0 Å². The quantitative estimate of drug-likeness (QED) is 0.376. The van der Waals surface area contributed by atoms with Gasteiger partial charge in [-0.3, -0.25) is 0 Å². The van der Waals surface area contributed by atoms with E-state index < -0.39 is 20.0 Å². The molecule has 1 heteroatoms. The molecule has 0 radical (unpaired) electrons. The maximum atomic E-state index is 2.71. The minimum atomic E-state index is -2.49. The molecule has 0 saturated carbocycles. The molecule has 2 aliphatic carbocycles. The molecule has 116 valence electrons. The maximum absolute atomic E-state index is 2.71. The molecule has 0 amide bonds. The van der Waals surface area contributed by atoms with Crippen LogP contribution in [0.3, 0.4) is 0 Å². The van der Waals surface area contributed by atoms with Crippen LogP contribution < -0.4 is 0 Å². The Morgan fingerprint density at radius 1 is 1.05 bits per heavy atom. The molecule has 0 bridgehead atoms. The van der Waals surface area contributed by atoms with Gasteiger partial charge in [0.2, 0.25) is 0 Å². The summed E-state index contributed by atoms with van der Waals surface area (Å²) in [6.07, 6.45) is 17.2. The molecule has 0 aliphatic heterocycles. The first-order valence-electron chi connectivity index (χ1n) is 8.65. The Hall–Kier alpha value is -0.170. The van der Waals surface area contributed by atoms with Crippen LogP contribution in [0, 0.1) is 0 Å². The fraction of sp³-hybridized carbons (Fsp3) is 0.600. The molecule has 0 aromatic rings. The van der Waals surface area contributed by atoms with Crippen molar-refractivity contribution in [1.82, 2.24) is 0 Å². The molecule has 0 fully saturated rings. The molecule has 1 unspecified atom stereocenters. The third-order valence-corrected chi connectivity index (χ3v) is 24.9. The Morgan fingerprint density at radius 3 is 2.14 bits per heavy atom. The van der Waals surface area contributed by atoms with Crippen LogP contribution in [0.15, 0.2) is 47.1 Å². The van der Waals surface area contributed by atoms with Gasteiger partial charge in [0.25, 0.3) is 0 Å². The van der Waals surface area contributed by atoms with E-state index >= 15 is 0 Å². The molecule has 0 nitrogen and oxygen atoms in total. The van der Waals surface area contributed by atoms with E-state index in [0.29, 0.717) is 3.17 Å². The molecule has 0 heterocycles. The molecule has 0 spiro atoms. The third kappa shape index (κ3) is 2.87. The molecule has 0 saturated heterocycles. The summed E-state index contributed by atoms with van der Waals surface area (Å²) in [5.41, 5.74) is 5.10. The number of allylic oxidation sites excluding steroid dienone is 8. The summed E-state index contributed by atoms with van der Waals surface area (Å²) in [7, 11) is 0. The molecular formula is C20H32Hf. The van der Waals surface area contributed by atoms with Crippen LogP contribution in [0.2, 0.25) is 16.2 Å². The van der Waals surface area contributed by atoms with Gasteiger partial charge in [-0.15, -0.1) is 0 Å². The van der Waals surface area contributed by atoms with Crippen LogP contribution in [-0.2, 0) is 20.0 Å². The van der Waals surface area contributed by atoms with Gasteiger partial charge in [-0.1, -0.05) is 0 Å². The second-order valence-corrected chi connectivity index (χ2v) is 26.0. The van der Waals surface area contributed by atoms with Gasteiger partial charge in [0, 0.05) is 0 Å². The predicted octanol–water partition coefficient (Wildman–Crippen LogP) is 7.19. The molecule has 0 aromatic heterocycles. The zero-order valence-electron chi connectivity index (χ0n) is 14.8. The topological polar surface area (TPSA) is 0 Å². The first kappa shape index (κ1) is 17.2. The Bertz CT molecular complexity index is 504. The standard InChI is InChI=1S/C13H21.C5H5.2CH3.Hf/c1-5-7-12-9-10(3)11(4)13(12)8-6-2;1-2-4-5-3-1;;;/h9H,5-8H2,1-4H3;1-5H;2*1H3;. The van der Waals surface area contributed by atoms with E-state index in [0.717, 1.165) is 3.67 Å². The van der Waals surface area contributed by atoms with E-state index in [1.54, 1.807) is 16.7 Å². The van der Waals surface area contributed by atoms with Crippen LogP contribution in [0.25, 0.3) is 0 Å². The number of rotatable bonds is 6. The molecule has 2 rings (SSSR count). The summed E-state index contributed by atoms with van der Waals surface area (Å²) in [6, 6.07) is 0. The van der Waals surface area contributed by atoms with E-state index in [2.05, 4.69) is 67.4 Å². The zero-order valence-corrected chi connectivity index (χ0v) is 18.4. The van der Waals surface area contributed by atoms with E-state index in [1.807, 2.05) is 0 Å². The van der Waals surface area contributed by atoms with Crippen molar-refractivity contribution in [2.24, 2.45) is 0 Å². The number of hydrogen-bond acceptors (Lipinski definition) is 0. The first-order valence-corrected chi connectivity index (χ1v) is 19.7. The van der Waals surface area contributed by atoms with E-state index in [-0.39, 0.29) is 0 Å². The van der Waals surface area contributed by atoms with E-state index in [1.165, 1.54) is 25.7 Å². The molecular weight excluding hydrogens is 419 g/mol. The SMILES string of the molecule is CCCC1=C[C](C)([Hf]([CH3])([CH3])[CH]2C=CC=C2)C(C)=C1CCC. The summed E-state index contributed by atoms with van der Waals surface area (Å²) in [5.74, 6) is 0. The van der Waals surface area contributed by atoms with Gasteiger partial charge < -0.3 is 0 Å². The second-order valence-electron chi connectivity index (χ2n) is 7.49. The van der Waals surface area contributed by atoms with Crippen molar-refractivity contribution in [2.45, 2.75) is 69.6 Å². The summed E-state index contributed by atoms with van der Waals surface area (Å²) in [4.78, 5) is 0. The van der Waals surface area contributed by atoms with E-state index in [4.69, 9.17) is 0 Å². The van der Waals surface area contributed by atoms with Crippen LogP contribution in [0.5, 0.6) is 0 Å². The van der Waals surface area contributed by atoms with Gasteiger partial charge in [-0.05, 0) is 0 Å². The van der Waals surface area contributed by atoms with Gasteiger partial charge in [-0.25, -0.2) is 0 Å². The summed E-state index contributed by atoms with van der Waals surface area (Å²) in [5, 5.41) is 0. The number of hydrogen-bond donors (Lipinski definition) is 0. The van der Waals surface area contributed by atoms with Crippen LogP contribution >= 0.6 is 0 Å². The van der Waals surface area contributed by atoms with Crippen molar-refractivity contribution in [3.8, 4) is 0 Å². The van der Waals surface area contributed by atoms with Gasteiger partial charge in [0.15, 0.2) is 0 Å². The average Bonchev–Trinajstić information content (AvgIpc) is 3.04. The fourth-order valence-corrected chi connectivity index (χ4v) is 16.8. The Morgan fingerprint density at radius 2 is 1.62 bits per heavy atom. The van der Waals surface area contributed by atoms with Gasteiger partial charge >= 0.3 is 137 Å². The van der Waals surface area contributed by atoms with Gasteiger partial charge in [-0.2, -0.15) is 0 Å². The molecule has 0 N–H and O–H groups in total. The monoisotopic (exact) mass is 452 g/mol. The van der Waals surface area contributed by atoms with Gasteiger partial charge in [0.05, 0.1) is 0 Å². The summed E-state index contributed by atoms with van der Waals surface area (Å²) in [6.45, 7) is 9.63. The summed E-state index contributed by atoms with van der Waals surface area (Å²) >= 11 is -2.49. The van der Waals surface area contributed by atoms with Gasteiger partial charge in [0.1, 0.15) is 0 Å². The minimum absolute atomic E-state index is 0.395. The summed E-state index contributed by atoms with van der Waals surface area (Å²) < 4.78 is 6.48.